The molecule has 156 valence electrons. The number of rotatable bonds is 6. The fourth-order valence-electron chi connectivity index (χ4n) is 4.06. The van der Waals surface area contributed by atoms with Crippen molar-refractivity contribution in [1.29, 1.82) is 0 Å². The van der Waals surface area contributed by atoms with Gasteiger partial charge in [0.1, 0.15) is 0 Å². The molecule has 5 nitrogen and oxygen atoms in total. The van der Waals surface area contributed by atoms with Crippen LogP contribution in [0.15, 0.2) is 60.7 Å². The third-order valence-electron chi connectivity index (χ3n) is 5.68. The van der Waals surface area contributed by atoms with Crippen molar-refractivity contribution >= 4 is 26.6 Å². The van der Waals surface area contributed by atoms with Crippen LogP contribution in [0.2, 0.25) is 0 Å². The third kappa shape index (κ3) is 4.24. The molecule has 0 radical (unpaired) electrons. The van der Waals surface area contributed by atoms with Crippen molar-refractivity contribution in [2.75, 3.05) is 18.1 Å². The maximum absolute atomic E-state index is 13.7. The molecule has 0 bridgehead atoms. The second kappa shape index (κ2) is 8.56. The minimum absolute atomic E-state index is 0.0526. The number of carbonyl (C=O) groups excluding carboxylic acids is 1. The molecule has 2 aromatic carbocycles. The third-order valence-corrected chi connectivity index (χ3v) is 7.43. The van der Waals surface area contributed by atoms with E-state index in [1.54, 1.807) is 4.90 Å². The van der Waals surface area contributed by atoms with E-state index in [2.05, 4.69) is 6.92 Å². The maximum atomic E-state index is 13.7. The molecule has 1 unspecified atom stereocenters. The van der Waals surface area contributed by atoms with Crippen LogP contribution >= 0.6 is 0 Å². The lowest BCUT2D eigenvalue weighted by Gasteiger charge is -2.29. The molecule has 1 amide bonds. The topological polar surface area (TPSA) is 67.3 Å². The Morgan fingerprint density at radius 2 is 1.83 bits per heavy atom. The number of unbranched alkanes of at least 4 members (excludes halogenated alkanes) is 1. The number of pyridine rings is 1. The van der Waals surface area contributed by atoms with Gasteiger partial charge in [0.2, 0.25) is 0 Å². The number of para-hydroxylation sites is 1. The smallest absolute Gasteiger partial charge is 0.254 e. The summed E-state index contributed by atoms with van der Waals surface area (Å²) < 4.78 is 24.2. The number of nitrogens with zero attached hydrogens (tertiary/aromatic N) is 2. The molecule has 4 rings (SSSR count). The van der Waals surface area contributed by atoms with Gasteiger partial charge >= 0.3 is 0 Å². The van der Waals surface area contributed by atoms with Crippen molar-refractivity contribution in [3.05, 3.63) is 66.2 Å². The molecule has 0 spiro atoms. The number of fused-ring (bicyclic) bond motifs is 1. The van der Waals surface area contributed by atoms with Crippen LogP contribution in [0.3, 0.4) is 0 Å². The Morgan fingerprint density at radius 1 is 1.10 bits per heavy atom. The minimum Gasteiger partial charge on any atom is -0.335 e. The first-order chi connectivity index (χ1) is 14.5. The second-order valence-electron chi connectivity index (χ2n) is 7.85. The molecule has 1 saturated heterocycles. The number of amides is 1. The van der Waals surface area contributed by atoms with Crippen LogP contribution in [0.1, 0.15) is 36.5 Å². The van der Waals surface area contributed by atoms with Gasteiger partial charge < -0.3 is 4.90 Å². The zero-order valence-electron chi connectivity index (χ0n) is 17.1. The predicted octanol–water partition coefficient (Wildman–Crippen LogP) is 4.33. The average Bonchev–Trinajstić information content (AvgIpc) is 3.13. The summed E-state index contributed by atoms with van der Waals surface area (Å²) in [5, 5.41) is 0.796. The Balaban J connectivity index is 1.80. The van der Waals surface area contributed by atoms with E-state index in [1.807, 2.05) is 60.7 Å². The van der Waals surface area contributed by atoms with Crippen molar-refractivity contribution in [2.24, 2.45) is 0 Å². The van der Waals surface area contributed by atoms with E-state index in [-0.39, 0.29) is 23.5 Å². The van der Waals surface area contributed by atoms with E-state index in [0.29, 0.717) is 18.5 Å². The number of carbonyl (C=O) groups is 1. The highest BCUT2D eigenvalue weighted by Crippen LogP contribution is 2.28. The lowest BCUT2D eigenvalue weighted by Crippen LogP contribution is -2.42. The maximum Gasteiger partial charge on any atom is 0.254 e. The summed E-state index contributed by atoms with van der Waals surface area (Å²) in [4.78, 5) is 20.3. The molecule has 30 heavy (non-hydrogen) atoms. The van der Waals surface area contributed by atoms with E-state index in [4.69, 9.17) is 4.98 Å². The molecule has 0 aliphatic carbocycles. The fraction of sp³-hybridized carbons (Fsp3) is 0.333. The first-order valence-corrected chi connectivity index (χ1v) is 12.3. The molecule has 1 aliphatic rings. The first-order valence-electron chi connectivity index (χ1n) is 10.4. The van der Waals surface area contributed by atoms with Gasteiger partial charge in [0.25, 0.3) is 5.91 Å². The summed E-state index contributed by atoms with van der Waals surface area (Å²) in [5.41, 5.74) is 3.03. The van der Waals surface area contributed by atoms with Crippen LogP contribution in [-0.4, -0.2) is 48.3 Å². The molecule has 1 aliphatic heterocycles. The quantitative estimate of drug-likeness (QED) is 0.593. The molecule has 0 N–H and O–H groups in total. The highest BCUT2D eigenvalue weighted by molar-refractivity contribution is 7.91. The van der Waals surface area contributed by atoms with Crippen molar-refractivity contribution in [3.8, 4) is 11.3 Å². The molecular formula is C24H26N2O3S. The zero-order chi connectivity index (χ0) is 21.1. The summed E-state index contributed by atoms with van der Waals surface area (Å²) in [6.07, 6.45) is 2.29. The van der Waals surface area contributed by atoms with Crippen LogP contribution < -0.4 is 0 Å². The highest BCUT2D eigenvalue weighted by Gasteiger charge is 2.35. The number of hydrogen-bond donors (Lipinski definition) is 0. The van der Waals surface area contributed by atoms with E-state index >= 15 is 0 Å². The van der Waals surface area contributed by atoms with Gasteiger partial charge in [-0.2, -0.15) is 0 Å². The molecule has 1 fully saturated rings. The van der Waals surface area contributed by atoms with Crippen LogP contribution in [0.4, 0.5) is 0 Å². The van der Waals surface area contributed by atoms with Gasteiger partial charge in [-0.15, -0.1) is 0 Å². The number of benzene rings is 2. The van der Waals surface area contributed by atoms with Crippen LogP contribution in [0.25, 0.3) is 22.2 Å². The SMILES string of the molecule is CCCCN(C(=O)c1cc(-c2ccccc2)nc2ccccc12)C1CCS(=O)(=O)C1. The standard InChI is InChI=1S/C24H26N2O3S/c1-2-3-14-26(19-13-15-30(28,29)17-19)24(27)21-16-23(18-9-5-4-6-10-18)25-22-12-8-7-11-20(21)22/h4-12,16,19H,2-3,13-15,17H2,1H3. The van der Waals surface area contributed by atoms with Gasteiger partial charge in [0, 0.05) is 23.5 Å². The summed E-state index contributed by atoms with van der Waals surface area (Å²) in [5.74, 6) is 0.0954. The first kappa shape index (κ1) is 20.5. The Labute approximate surface area is 177 Å². The lowest BCUT2D eigenvalue weighted by molar-refractivity contribution is 0.0696. The Hall–Kier alpha value is -2.73. The minimum atomic E-state index is -3.08. The van der Waals surface area contributed by atoms with Gasteiger partial charge in [0.15, 0.2) is 9.84 Å². The fourth-order valence-corrected chi connectivity index (χ4v) is 5.79. The Kier molecular flexibility index (Phi) is 5.86. The number of hydrogen-bond acceptors (Lipinski definition) is 4. The van der Waals surface area contributed by atoms with Gasteiger partial charge in [-0.3, -0.25) is 4.79 Å². The number of aromatic nitrogens is 1. The predicted molar refractivity (Wildman–Crippen MR) is 120 cm³/mol. The lowest BCUT2D eigenvalue weighted by atomic mass is 10.0. The molecular weight excluding hydrogens is 396 g/mol. The van der Waals surface area contributed by atoms with Crippen molar-refractivity contribution in [2.45, 2.75) is 32.2 Å². The molecule has 2 heterocycles. The van der Waals surface area contributed by atoms with Crippen molar-refractivity contribution in [1.82, 2.24) is 9.88 Å². The monoisotopic (exact) mass is 422 g/mol. The van der Waals surface area contributed by atoms with Gasteiger partial charge in [-0.05, 0) is 25.0 Å². The largest absolute Gasteiger partial charge is 0.335 e. The Bertz CT molecular complexity index is 1160. The summed E-state index contributed by atoms with van der Waals surface area (Å²) >= 11 is 0. The van der Waals surface area contributed by atoms with Crippen LogP contribution in [0.5, 0.6) is 0 Å². The number of sulfone groups is 1. The van der Waals surface area contributed by atoms with Crippen LogP contribution in [-0.2, 0) is 9.84 Å². The second-order valence-corrected chi connectivity index (χ2v) is 10.1. The van der Waals surface area contributed by atoms with Gasteiger partial charge in [-0.25, -0.2) is 13.4 Å². The molecule has 6 heteroatoms. The van der Waals surface area contributed by atoms with E-state index < -0.39 is 9.84 Å². The normalized spacial score (nSPS) is 17.8. The van der Waals surface area contributed by atoms with E-state index in [9.17, 15) is 13.2 Å². The van der Waals surface area contributed by atoms with Crippen molar-refractivity contribution in [3.63, 3.8) is 0 Å². The molecule has 3 aromatic rings. The van der Waals surface area contributed by atoms with Gasteiger partial charge in [0.05, 0.1) is 28.3 Å². The van der Waals surface area contributed by atoms with Crippen molar-refractivity contribution < 1.29 is 13.2 Å². The van der Waals surface area contributed by atoms with E-state index in [1.165, 1.54) is 0 Å². The zero-order valence-corrected chi connectivity index (χ0v) is 17.9. The molecule has 1 aromatic heterocycles. The van der Waals surface area contributed by atoms with Crippen LogP contribution in [0, 0.1) is 0 Å². The van der Waals surface area contributed by atoms with Gasteiger partial charge in [-0.1, -0.05) is 61.9 Å². The molecule has 0 saturated carbocycles. The Morgan fingerprint density at radius 3 is 2.53 bits per heavy atom. The summed E-state index contributed by atoms with van der Waals surface area (Å²) in [6, 6.07) is 19.0. The summed E-state index contributed by atoms with van der Waals surface area (Å²) in [7, 11) is -3.08. The molecule has 1 atom stereocenters. The van der Waals surface area contributed by atoms with E-state index in [0.717, 1.165) is 35.0 Å². The average molecular weight is 423 g/mol. The summed E-state index contributed by atoms with van der Waals surface area (Å²) in [6.45, 7) is 2.64. The highest BCUT2D eigenvalue weighted by atomic mass is 32.2.